The summed E-state index contributed by atoms with van der Waals surface area (Å²) >= 11 is 0. The van der Waals surface area contributed by atoms with Gasteiger partial charge >= 0.3 is 0 Å². The summed E-state index contributed by atoms with van der Waals surface area (Å²) in [5, 5.41) is 0. The zero-order valence-corrected chi connectivity index (χ0v) is 21.6. The zero-order chi connectivity index (χ0) is 26.1. The smallest absolute Gasteiger partial charge is 0.245 e. The molecule has 0 aliphatic carbocycles. The highest BCUT2D eigenvalue weighted by Crippen LogP contribution is 2.36. The van der Waals surface area contributed by atoms with E-state index in [1.165, 1.54) is 24.3 Å². The number of carbonyl (C=O) groups excluding carboxylic acids is 1. The molecule has 0 saturated carbocycles. The van der Waals surface area contributed by atoms with Crippen molar-refractivity contribution in [2.45, 2.75) is 42.0 Å². The van der Waals surface area contributed by atoms with Gasteiger partial charge in [0.1, 0.15) is 10.9 Å². The first-order valence-corrected chi connectivity index (χ1v) is 14.9. The van der Waals surface area contributed by atoms with Crippen molar-refractivity contribution in [1.29, 1.82) is 0 Å². The van der Waals surface area contributed by atoms with Gasteiger partial charge in [-0.2, -0.15) is 4.72 Å². The molecule has 10 heteroatoms. The maximum atomic E-state index is 15.8. The maximum absolute atomic E-state index is 15.8. The Morgan fingerprint density at radius 3 is 2.25 bits per heavy atom. The molecule has 7 nitrogen and oxygen atoms in total. The minimum absolute atomic E-state index is 0.0300. The van der Waals surface area contributed by atoms with Crippen LogP contribution in [0.2, 0.25) is 0 Å². The fourth-order valence-corrected chi connectivity index (χ4v) is 6.58. The van der Waals surface area contributed by atoms with Crippen molar-refractivity contribution in [2.24, 2.45) is 0 Å². The molecule has 4 rings (SSSR count). The maximum Gasteiger partial charge on any atom is 0.245 e. The summed E-state index contributed by atoms with van der Waals surface area (Å²) in [5.41, 5.74) is 1.49. The summed E-state index contributed by atoms with van der Waals surface area (Å²) in [5.74, 6) is -1.67. The lowest BCUT2D eigenvalue weighted by atomic mass is 10.0. The van der Waals surface area contributed by atoms with Crippen molar-refractivity contribution in [3.05, 3.63) is 78.1 Å². The van der Waals surface area contributed by atoms with Gasteiger partial charge in [0.25, 0.3) is 0 Å². The molecule has 36 heavy (non-hydrogen) atoms. The molecule has 0 radical (unpaired) electrons. The first kappa shape index (κ1) is 26.0. The Labute approximate surface area is 210 Å². The molecule has 1 aliphatic rings. The highest BCUT2D eigenvalue weighted by molar-refractivity contribution is 7.91. The number of nitrogens with one attached hydrogen (secondary N) is 1. The molecule has 0 aromatic heterocycles. The Hall–Kier alpha value is -3.08. The number of hydrogen-bond donors (Lipinski definition) is 1. The number of sulfone groups is 1. The Morgan fingerprint density at radius 2 is 1.64 bits per heavy atom. The van der Waals surface area contributed by atoms with Crippen molar-refractivity contribution >= 4 is 31.5 Å². The van der Waals surface area contributed by atoms with Gasteiger partial charge in [-0.05, 0) is 48.6 Å². The van der Waals surface area contributed by atoms with Gasteiger partial charge in [0.2, 0.25) is 15.9 Å². The van der Waals surface area contributed by atoms with Crippen LogP contribution >= 0.6 is 0 Å². The Morgan fingerprint density at radius 1 is 0.972 bits per heavy atom. The third kappa shape index (κ3) is 5.21. The molecule has 1 heterocycles. The molecular formula is C26H27FN2O5S2. The van der Waals surface area contributed by atoms with Crippen molar-refractivity contribution in [2.75, 3.05) is 17.7 Å². The molecule has 0 bridgehead atoms. The quantitative estimate of drug-likeness (QED) is 0.499. The SMILES string of the molecule is CCc1ccc(S(=O)(=O)NC2CCCN(c3ccc(-c4ccccc4)c(S(C)(=O)=O)c3F)C2=O)cc1. The van der Waals surface area contributed by atoms with Crippen LogP contribution in [0.25, 0.3) is 11.1 Å². The van der Waals surface area contributed by atoms with Crippen LogP contribution in [0.5, 0.6) is 0 Å². The average molecular weight is 531 g/mol. The van der Waals surface area contributed by atoms with Crippen LogP contribution in [0.3, 0.4) is 0 Å². The summed E-state index contributed by atoms with van der Waals surface area (Å²) in [6.07, 6.45) is 2.32. The largest absolute Gasteiger partial charge is 0.308 e. The van der Waals surface area contributed by atoms with E-state index in [4.69, 9.17) is 0 Å². The Bertz CT molecular complexity index is 1490. The fourth-order valence-electron chi connectivity index (χ4n) is 4.35. The van der Waals surface area contributed by atoms with Gasteiger partial charge < -0.3 is 4.90 Å². The molecular weight excluding hydrogens is 503 g/mol. The van der Waals surface area contributed by atoms with Gasteiger partial charge in [-0.15, -0.1) is 0 Å². The van der Waals surface area contributed by atoms with E-state index in [1.54, 1.807) is 42.5 Å². The van der Waals surface area contributed by atoms with E-state index in [2.05, 4.69) is 4.72 Å². The zero-order valence-electron chi connectivity index (χ0n) is 19.9. The minimum Gasteiger partial charge on any atom is -0.308 e. The molecule has 1 fully saturated rings. The number of carbonyl (C=O) groups is 1. The number of nitrogens with zero attached hydrogens (tertiary/aromatic N) is 1. The Kier molecular flexibility index (Phi) is 7.31. The van der Waals surface area contributed by atoms with Gasteiger partial charge in [0.05, 0.1) is 10.6 Å². The van der Waals surface area contributed by atoms with Crippen LogP contribution in [-0.2, 0) is 31.1 Å². The van der Waals surface area contributed by atoms with Crippen LogP contribution in [-0.4, -0.2) is 41.6 Å². The summed E-state index contributed by atoms with van der Waals surface area (Å²) in [6.45, 7) is 2.09. The first-order valence-electron chi connectivity index (χ1n) is 11.5. The molecule has 3 aromatic carbocycles. The van der Waals surface area contributed by atoms with E-state index in [9.17, 15) is 21.6 Å². The predicted molar refractivity (Wildman–Crippen MR) is 136 cm³/mol. The van der Waals surface area contributed by atoms with Crippen molar-refractivity contribution in [1.82, 2.24) is 4.72 Å². The van der Waals surface area contributed by atoms with E-state index >= 15 is 4.39 Å². The molecule has 3 aromatic rings. The molecule has 1 unspecified atom stereocenters. The minimum atomic E-state index is -4.00. The van der Waals surface area contributed by atoms with Crippen LogP contribution in [0.4, 0.5) is 10.1 Å². The summed E-state index contributed by atoms with van der Waals surface area (Å²) in [6, 6.07) is 16.6. The highest BCUT2D eigenvalue weighted by Gasteiger charge is 2.35. The molecule has 1 aliphatic heterocycles. The van der Waals surface area contributed by atoms with E-state index in [0.717, 1.165) is 23.1 Å². The lowest BCUT2D eigenvalue weighted by Gasteiger charge is -2.33. The number of rotatable bonds is 7. The predicted octanol–water partition coefficient (Wildman–Crippen LogP) is 3.93. The standard InChI is InChI=1S/C26H27FN2O5S2/c1-3-18-11-13-20(14-12-18)36(33,34)28-22-10-7-17-29(26(22)30)23-16-15-21(19-8-5-4-6-9-19)25(24(23)27)35(2,31)32/h4-6,8-9,11-16,22,28H,3,7,10,17H2,1-2H3. The van der Waals surface area contributed by atoms with Crippen LogP contribution in [0.1, 0.15) is 25.3 Å². The van der Waals surface area contributed by atoms with E-state index < -0.39 is 42.5 Å². The number of hydrogen-bond acceptors (Lipinski definition) is 5. The lowest BCUT2D eigenvalue weighted by molar-refractivity contribution is -0.121. The molecule has 1 atom stereocenters. The number of piperidine rings is 1. The lowest BCUT2D eigenvalue weighted by Crippen LogP contribution is -2.52. The summed E-state index contributed by atoms with van der Waals surface area (Å²) < 4.78 is 69.2. The molecule has 190 valence electrons. The topological polar surface area (TPSA) is 101 Å². The van der Waals surface area contributed by atoms with Crippen LogP contribution in [0, 0.1) is 5.82 Å². The van der Waals surface area contributed by atoms with Gasteiger partial charge in [-0.25, -0.2) is 21.2 Å². The number of aryl methyl sites for hydroxylation is 1. The second-order valence-corrected chi connectivity index (χ2v) is 12.4. The molecule has 0 spiro atoms. The van der Waals surface area contributed by atoms with Gasteiger partial charge in [0, 0.05) is 18.4 Å². The Balaban J connectivity index is 1.68. The number of benzene rings is 3. The normalized spacial score (nSPS) is 16.8. The second-order valence-electron chi connectivity index (χ2n) is 8.72. The third-order valence-electron chi connectivity index (χ3n) is 6.20. The van der Waals surface area contributed by atoms with Crippen molar-refractivity contribution < 1.29 is 26.0 Å². The van der Waals surface area contributed by atoms with E-state index in [-0.39, 0.29) is 29.1 Å². The summed E-state index contributed by atoms with van der Waals surface area (Å²) in [4.78, 5) is 13.9. The molecule has 1 N–H and O–H groups in total. The monoisotopic (exact) mass is 530 g/mol. The van der Waals surface area contributed by atoms with Gasteiger partial charge in [0.15, 0.2) is 15.7 Å². The molecule has 1 amide bonds. The van der Waals surface area contributed by atoms with Gasteiger partial charge in [-0.1, -0.05) is 55.5 Å². The average Bonchev–Trinajstić information content (AvgIpc) is 2.85. The van der Waals surface area contributed by atoms with E-state index in [1.807, 2.05) is 6.92 Å². The number of amides is 1. The van der Waals surface area contributed by atoms with Crippen molar-refractivity contribution in [3.8, 4) is 11.1 Å². The van der Waals surface area contributed by atoms with E-state index in [0.29, 0.717) is 12.0 Å². The van der Waals surface area contributed by atoms with Crippen LogP contribution in [0.15, 0.2) is 76.5 Å². The highest BCUT2D eigenvalue weighted by atomic mass is 32.2. The van der Waals surface area contributed by atoms with Gasteiger partial charge in [-0.3, -0.25) is 4.79 Å². The number of anilines is 1. The number of sulfonamides is 1. The first-order chi connectivity index (χ1) is 17.0. The molecule has 1 saturated heterocycles. The van der Waals surface area contributed by atoms with Crippen LogP contribution < -0.4 is 9.62 Å². The third-order valence-corrected chi connectivity index (χ3v) is 8.83. The summed E-state index contributed by atoms with van der Waals surface area (Å²) in [7, 11) is -7.99. The van der Waals surface area contributed by atoms with Crippen molar-refractivity contribution in [3.63, 3.8) is 0 Å². The second kappa shape index (κ2) is 10.1. The number of halogens is 1. The fraction of sp³-hybridized carbons (Fsp3) is 0.269.